The van der Waals surface area contributed by atoms with E-state index in [4.69, 9.17) is 4.74 Å². The van der Waals surface area contributed by atoms with Gasteiger partial charge in [-0.3, -0.25) is 4.79 Å². The minimum Gasteiger partial charge on any atom is -0.480 e. The van der Waals surface area contributed by atoms with Crippen LogP contribution in [0.5, 0.6) is 5.88 Å². The summed E-state index contributed by atoms with van der Waals surface area (Å²) in [6.45, 7) is 1.89. The van der Waals surface area contributed by atoms with E-state index in [9.17, 15) is 4.79 Å². The predicted octanol–water partition coefficient (Wildman–Crippen LogP) is 2.97. The lowest BCUT2D eigenvalue weighted by Gasteiger charge is -2.26. The zero-order valence-electron chi connectivity index (χ0n) is 14.4. The number of carbonyl (C=O) groups is 1. The largest absolute Gasteiger partial charge is 0.480 e. The fraction of sp³-hybridized carbons (Fsp3) is 0.474. The number of amides is 1. The summed E-state index contributed by atoms with van der Waals surface area (Å²) in [5.41, 5.74) is 4.31. The summed E-state index contributed by atoms with van der Waals surface area (Å²) in [6, 6.07) is 8.60. The first-order valence-corrected chi connectivity index (χ1v) is 8.53. The van der Waals surface area contributed by atoms with Gasteiger partial charge in [0.15, 0.2) is 0 Å². The normalized spacial score (nSPS) is 24.5. The number of nitrogens with one attached hydrogen (secondary N) is 1. The first kappa shape index (κ1) is 15.2. The lowest BCUT2D eigenvalue weighted by Crippen LogP contribution is -2.25. The molecule has 2 aliphatic carbocycles. The zero-order valence-corrected chi connectivity index (χ0v) is 14.4. The van der Waals surface area contributed by atoms with E-state index in [-0.39, 0.29) is 17.2 Å². The van der Waals surface area contributed by atoms with Gasteiger partial charge in [0.05, 0.1) is 12.8 Å². The molecule has 1 heterocycles. The molecule has 1 saturated carbocycles. The molecular formula is C19H23N3O2. The van der Waals surface area contributed by atoms with Gasteiger partial charge in [-0.2, -0.15) is 5.10 Å². The molecule has 24 heavy (non-hydrogen) atoms. The molecule has 5 heteroatoms. The monoisotopic (exact) mass is 325 g/mol. The van der Waals surface area contributed by atoms with Gasteiger partial charge in [0.25, 0.3) is 0 Å². The van der Waals surface area contributed by atoms with E-state index in [1.165, 1.54) is 11.1 Å². The highest BCUT2D eigenvalue weighted by Crippen LogP contribution is 2.60. The van der Waals surface area contributed by atoms with Crippen LogP contribution in [0.1, 0.15) is 36.1 Å². The molecule has 0 bridgehead atoms. The van der Waals surface area contributed by atoms with Crippen LogP contribution in [-0.2, 0) is 23.7 Å². The number of aromatic nitrogens is 2. The Kier molecular flexibility index (Phi) is 3.41. The van der Waals surface area contributed by atoms with Gasteiger partial charge in [0.1, 0.15) is 5.69 Å². The van der Waals surface area contributed by atoms with E-state index in [1.807, 2.05) is 14.0 Å². The molecule has 1 amide bonds. The highest BCUT2D eigenvalue weighted by molar-refractivity contribution is 5.97. The van der Waals surface area contributed by atoms with Crippen molar-refractivity contribution in [3.8, 4) is 5.88 Å². The van der Waals surface area contributed by atoms with Gasteiger partial charge in [0, 0.05) is 18.4 Å². The van der Waals surface area contributed by atoms with Crippen LogP contribution in [0.3, 0.4) is 0 Å². The molecular weight excluding hydrogens is 302 g/mol. The molecule has 2 atom stereocenters. The minimum atomic E-state index is 0.0439. The maximum atomic E-state index is 12.9. The number of methoxy groups -OCH3 is 1. The van der Waals surface area contributed by atoms with Crippen LogP contribution in [0.2, 0.25) is 0 Å². The van der Waals surface area contributed by atoms with Crippen molar-refractivity contribution >= 4 is 11.6 Å². The van der Waals surface area contributed by atoms with E-state index in [0.29, 0.717) is 11.6 Å². The summed E-state index contributed by atoms with van der Waals surface area (Å²) in [5, 5.41) is 7.40. The molecule has 1 aromatic heterocycles. The van der Waals surface area contributed by atoms with E-state index < -0.39 is 0 Å². The maximum Gasteiger partial charge on any atom is 0.236 e. The second kappa shape index (κ2) is 5.36. The minimum absolute atomic E-state index is 0.0439. The Hall–Kier alpha value is -2.30. The smallest absolute Gasteiger partial charge is 0.236 e. The van der Waals surface area contributed by atoms with Crippen molar-refractivity contribution in [2.45, 2.75) is 38.0 Å². The third kappa shape index (κ3) is 2.14. The first-order valence-electron chi connectivity index (χ1n) is 8.53. The Bertz CT molecular complexity index is 811. The van der Waals surface area contributed by atoms with Crippen LogP contribution >= 0.6 is 0 Å². The molecule has 2 aromatic rings. The van der Waals surface area contributed by atoms with Crippen LogP contribution in [0.4, 0.5) is 5.69 Å². The SMILES string of the molecule is COc1c(NC(=O)[C@H]2C[C@]23CCCc2ccccc23)c(C)nn1C. The van der Waals surface area contributed by atoms with Crippen LogP contribution in [-0.4, -0.2) is 22.8 Å². The number of carbonyl (C=O) groups excluding carboxylic acids is 1. The molecule has 126 valence electrons. The van der Waals surface area contributed by atoms with Crippen molar-refractivity contribution in [3.63, 3.8) is 0 Å². The van der Waals surface area contributed by atoms with Crippen molar-refractivity contribution < 1.29 is 9.53 Å². The summed E-state index contributed by atoms with van der Waals surface area (Å²) in [6.07, 6.45) is 4.33. The number of benzene rings is 1. The lowest BCUT2D eigenvalue weighted by atomic mass is 9.78. The first-order chi connectivity index (χ1) is 11.6. The Morgan fingerprint density at radius 2 is 2.21 bits per heavy atom. The third-order valence-corrected chi connectivity index (χ3v) is 5.63. The van der Waals surface area contributed by atoms with E-state index in [1.54, 1.807) is 11.8 Å². The topological polar surface area (TPSA) is 56.1 Å². The van der Waals surface area contributed by atoms with Crippen LogP contribution in [0, 0.1) is 12.8 Å². The number of nitrogens with zero attached hydrogens (tertiary/aromatic N) is 2. The molecule has 0 saturated heterocycles. The molecule has 0 radical (unpaired) electrons. The molecule has 0 unspecified atom stereocenters. The third-order valence-electron chi connectivity index (χ3n) is 5.63. The average Bonchev–Trinajstić information content (AvgIpc) is 3.22. The van der Waals surface area contributed by atoms with Gasteiger partial charge in [-0.25, -0.2) is 4.68 Å². The van der Waals surface area contributed by atoms with E-state index in [0.717, 1.165) is 31.4 Å². The number of fused-ring (bicyclic) bond motifs is 2. The fourth-order valence-electron chi connectivity index (χ4n) is 4.40. The summed E-state index contributed by atoms with van der Waals surface area (Å²) in [7, 11) is 3.42. The van der Waals surface area contributed by atoms with E-state index in [2.05, 4.69) is 34.7 Å². The molecule has 1 fully saturated rings. The number of aryl methyl sites for hydroxylation is 3. The van der Waals surface area contributed by atoms with Crippen LogP contribution in [0.15, 0.2) is 24.3 Å². The van der Waals surface area contributed by atoms with Crippen molar-refractivity contribution in [2.75, 3.05) is 12.4 Å². The van der Waals surface area contributed by atoms with E-state index >= 15 is 0 Å². The second-order valence-corrected chi connectivity index (χ2v) is 7.01. The fourth-order valence-corrected chi connectivity index (χ4v) is 4.40. The number of ether oxygens (including phenoxy) is 1. The van der Waals surface area contributed by atoms with Crippen molar-refractivity contribution in [1.82, 2.24) is 9.78 Å². The summed E-state index contributed by atoms with van der Waals surface area (Å²) in [5.74, 6) is 0.726. The second-order valence-electron chi connectivity index (χ2n) is 7.01. The van der Waals surface area contributed by atoms with Gasteiger partial charge in [-0.05, 0) is 43.7 Å². The van der Waals surface area contributed by atoms with Crippen molar-refractivity contribution in [1.29, 1.82) is 0 Å². The number of hydrogen-bond donors (Lipinski definition) is 1. The molecule has 1 N–H and O–H groups in total. The van der Waals surface area contributed by atoms with Crippen molar-refractivity contribution in [2.24, 2.45) is 13.0 Å². The van der Waals surface area contributed by atoms with Gasteiger partial charge >= 0.3 is 0 Å². The average molecular weight is 325 g/mol. The standard InChI is InChI=1S/C19H23N3O2/c1-12-16(18(24-3)22(2)21-12)20-17(23)15-11-19(15)10-6-8-13-7-4-5-9-14(13)19/h4-5,7,9,15H,6,8,10-11H2,1-3H3,(H,20,23)/t15-,19+/m1/s1. The zero-order chi connectivity index (χ0) is 16.9. The van der Waals surface area contributed by atoms with Crippen LogP contribution in [0.25, 0.3) is 0 Å². The summed E-state index contributed by atoms with van der Waals surface area (Å²) in [4.78, 5) is 12.9. The molecule has 2 aliphatic rings. The molecule has 1 aromatic carbocycles. The van der Waals surface area contributed by atoms with Gasteiger partial charge in [-0.1, -0.05) is 24.3 Å². The lowest BCUT2D eigenvalue weighted by molar-refractivity contribution is -0.117. The van der Waals surface area contributed by atoms with Crippen LogP contribution < -0.4 is 10.1 Å². The summed E-state index contributed by atoms with van der Waals surface area (Å²) >= 11 is 0. The number of rotatable bonds is 3. The van der Waals surface area contributed by atoms with Crippen molar-refractivity contribution in [3.05, 3.63) is 41.1 Å². The molecule has 4 rings (SSSR count). The van der Waals surface area contributed by atoms with Gasteiger partial charge in [0.2, 0.25) is 11.8 Å². The Labute approximate surface area is 142 Å². The number of anilines is 1. The highest BCUT2D eigenvalue weighted by atomic mass is 16.5. The Morgan fingerprint density at radius 1 is 1.42 bits per heavy atom. The highest BCUT2D eigenvalue weighted by Gasteiger charge is 2.60. The molecule has 1 spiro atoms. The number of hydrogen-bond acceptors (Lipinski definition) is 3. The van der Waals surface area contributed by atoms with Gasteiger partial charge < -0.3 is 10.1 Å². The Morgan fingerprint density at radius 3 is 3.00 bits per heavy atom. The quantitative estimate of drug-likeness (QED) is 0.944. The Balaban J connectivity index is 1.59. The summed E-state index contributed by atoms with van der Waals surface area (Å²) < 4.78 is 7.03. The molecule has 0 aliphatic heterocycles. The maximum absolute atomic E-state index is 12.9. The van der Waals surface area contributed by atoms with Gasteiger partial charge in [-0.15, -0.1) is 0 Å². The predicted molar refractivity (Wildman–Crippen MR) is 92.3 cm³/mol. The molecule has 5 nitrogen and oxygen atoms in total.